The highest BCUT2D eigenvalue weighted by atomic mass is 16.5. The Bertz CT molecular complexity index is 297. The van der Waals surface area contributed by atoms with Crippen LogP contribution in [0, 0.1) is 6.88 Å². The smallest absolute Gasteiger partial charge is 0.231 e. The fourth-order valence-electron chi connectivity index (χ4n) is 1.48. The largest absolute Gasteiger partial charge is 0.339 e. The third-order valence-electron chi connectivity index (χ3n) is 2.10. The van der Waals surface area contributed by atoms with E-state index in [1.807, 2.05) is 0 Å². The zero-order valence-corrected chi connectivity index (χ0v) is 6.79. The summed E-state index contributed by atoms with van der Waals surface area (Å²) in [6.45, 7) is 0.739. The van der Waals surface area contributed by atoms with Gasteiger partial charge in [-0.3, -0.25) is 0 Å². The number of aromatic nitrogens is 2. The molecule has 4 nitrogen and oxygen atoms in total. The zero-order valence-electron chi connectivity index (χ0n) is 8.79. The minimum atomic E-state index is -1.15. The maximum absolute atomic E-state index is 7.11. The van der Waals surface area contributed by atoms with Crippen LogP contribution in [0.25, 0.3) is 0 Å². The van der Waals surface area contributed by atoms with Crippen LogP contribution in [-0.2, 0) is 0 Å². The molecule has 0 amide bonds. The summed E-state index contributed by atoms with van der Waals surface area (Å²) in [6, 6.07) is 0. The van der Waals surface area contributed by atoms with Crippen molar-refractivity contribution in [1.29, 1.82) is 0 Å². The molecule has 0 saturated carbocycles. The molecule has 1 aromatic heterocycles. The molecular formula is C8H13N3O. The summed E-state index contributed by atoms with van der Waals surface area (Å²) in [5.41, 5.74) is 0. The quantitative estimate of drug-likeness (QED) is 0.677. The molecule has 0 aromatic carbocycles. The van der Waals surface area contributed by atoms with E-state index < -0.39 is 6.88 Å². The van der Waals surface area contributed by atoms with Crippen molar-refractivity contribution in [2.75, 3.05) is 13.1 Å². The number of hydrogen-bond acceptors (Lipinski definition) is 4. The van der Waals surface area contributed by atoms with Crippen LogP contribution in [0.4, 0.5) is 0 Å². The third-order valence-corrected chi connectivity index (χ3v) is 2.10. The first-order chi connectivity index (χ1) is 6.77. The maximum Gasteiger partial charge on any atom is 0.231 e. The van der Waals surface area contributed by atoms with E-state index in [4.69, 9.17) is 7.26 Å². The molecule has 0 bridgehead atoms. The molecule has 1 aliphatic heterocycles. The third kappa shape index (κ3) is 1.48. The fourth-order valence-corrected chi connectivity index (χ4v) is 1.48. The molecule has 1 aromatic rings. The van der Waals surface area contributed by atoms with Gasteiger partial charge in [-0.05, 0) is 26.3 Å². The summed E-state index contributed by atoms with van der Waals surface area (Å²) < 4.78 is 19.2. The molecule has 1 fully saturated rings. The molecular weight excluding hydrogens is 154 g/mol. The Kier molecular flexibility index (Phi) is 1.53. The van der Waals surface area contributed by atoms with E-state index in [1.165, 1.54) is 0 Å². The van der Waals surface area contributed by atoms with Crippen LogP contribution in [0.3, 0.4) is 0 Å². The van der Waals surface area contributed by atoms with Gasteiger partial charge in [0.15, 0.2) is 5.82 Å². The first-order valence-electron chi connectivity index (χ1n) is 5.31. The van der Waals surface area contributed by atoms with E-state index in [0.29, 0.717) is 5.89 Å². The van der Waals surface area contributed by atoms with Gasteiger partial charge in [0.1, 0.15) is 0 Å². The molecule has 2 heterocycles. The van der Waals surface area contributed by atoms with Gasteiger partial charge in [0, 0.05) is 9.29 Å². The molecule has 1 N–H and O–H groups in total. The molecule has 4 heteroatoms. The Morgan fingerprint density at radius 3 is 3.42 bits per heavy atom. The number of aryl methyl sites for hydroxylation is 1. The van der Waals surface area contributed by atoms with Crippen LogP contribution in [0.1, 0.15) is 33.2 Å². The Balaban J connectivity index is 2.07. The van der Waals surface area contributed by atoms with Gasteiger partial charge in [0.2, 0.25) is 5.89 Å². The van der Waals surface area contributed by atoms with Crippen LogP contribution in [0.5, 0.6) is 0 Å². The van der Waals surface area contributed by atoms with Crippen molar-refractivity contribution in [2.24, 2.45) is 0 Å². The van der Waals surface area contributed by atoms with Crippen molar-refractivity contribution in [1.82, 2.24) is 15.5 Å². The predicted octanol–water partition coefficient (Wildman–Crippen LogP) is 0.845. The van der Waals surface area contributed by atoms with E-state index in [9.17, 15) is 0 Å². The second-order valence-electron chi connectivity index (χ2n) is 3.03. The van der Waals surface area contributed by atoms with Gasteiger partial charge in [0.05, 0.1) is 5.92 Å². The van der Waals surface area contributed by atoms with Gasteiger partial charge in [-0.25, -0.2) is 0 Å². The lowest BCUT2D eigenvalue weighted by atomic mass is 10.00. The summed E-state index contributed by atoms with van der Waals surface area (Å²) in [5.74, 6) is 0.978. The highest BCUT2D eigenvalue weighted by Crippen LogP contribution is 2.20. The molecule has 12 heavy (non-hydrogen) atoms. The molecule has 1 saturated heterocycles. The lowest BCUT2D eigenvalue weighted by Gasteiger charge is -2.18. The van der Waals surface area contributed by atoms with Crippen molar-refractivity contribution in [3.05, 3.63) is 11.7 Å². The monoisotopic (exact) mass is 169 g/mol. The number of piperidine rings is 1. The van der Waals surface area contributed by atoms with E-state index in [2.05, 4.69) is 15.5 Å². The van der Waals surface area contributed by atoms with E-state index >= 15 is 0 Å². The molecule has 1 atom stereocenters. The molecule has 0 radical (unpaired) electrons. The standard InChI is InChI=1S/C8H13N3O/c1-6-10-8(12-11-6)7-3-2-4-9-5-7/h7,9H,2-5H2,1H3/t7-/m1/s1/i1D2. The van der Waals surface area contributed by atoms with Crippen LogP contribution in [0.2, 0.25) is 0 Å². The Labute approximate surface area is 74.2 Å². The lowest BCUT2D eigenvalue weighted by molar-refractivity contribution is 0.321. The van der Waals surface area contributed by atoms with Crippen LogP contribution < -0.4 is 5.32 Å². The van der Waals surface area contributed by atoms with Crippen molar-refractivity contribution in [3.8, 4) is 0 Å². The Morgan fingerprint density at radius 2 is 2.75 bits per heavy atom. The van der Waals surface area contributed by atoms with Crippen molar-refractivity contribution < 1.29 is 7.26 Å². The first kappa shape index (κ1) is 5.70. The SMILES string of the molecule is [2H]C([2H])c1noc([C@@H]2CCCNC2)n1. The minimum Gasteiger partial charge on any atom is -0.339 e. The number of hydrogen-bond donors (Lipinski definition) is 1. The molecule has 2 rings (SSSR count). The fraction of sp³-hybridized carbons (Fsp3) is 0.750. The van der Waals surface area contributed by atoms with Crippen LogP contribution in [0.15, 0.2) is 4.52 Å². The highest BCUT2D eigenvalue weighted by molar-refractivity contribution is 4.95. The van der Waals surface area contributed by atoms with Crippen molar-refractivity contribution >= 4 is 0 Å². The van der Waals surface area contributed by atoms with Crippen molar-refractivity contribution in [3.63, 3.8) is 0 Å². The van der Waals surface area contributed by atoms with Crippen LogP contribution >= 0.6 is 0 Å². The van der Waals surface area contributed by atoms with Gasteiger partial charge < -0.3 is 9.84 Å². The summed E-state index contributed by atoms with van der Waals surface area (Å²) in [7, 11) is 0. The summed E-state index contributed by atoms with van der Waals surface area (Å²) in [5, 5.41) is 6.85. The molecule has 0 spiro atoms. The van der Waals surface area contributed by atoms with E-state index in [0.717, 1.165) is 25.9 Å². The van der Waals surface area contributed by atoms with Gasteiger partial charge in [-0.15, -0.1) is 0 Å². The minimum absolute atomic E-state index is 0.158. The molecule has 0 aliphatic carbocycles. The van der Waals surface area contributed by atoms with Gasteiger partial charge in [-0.1, -0.05) is 5.16 Å². The summed E-state index contributed by atoms with van der Waals surface area (Å²) in [6.07, 6.45) is 2.14. The van der Waals surface area contributed by atoms with E-state index in [-0.39, 0.29) is 11.7 Å². The van der Waals surface area contributed by atoms with E-state index in [1.54, 1.807) is 0 Å². The van der Waals surface area contributed by atoms with Crippen LogP contribution in [-0.4, -0.2) is 23.2 Å². The summed E-state index contributed by atoms with van der Waals surface area (Å²) >= 11 is 0. The second-order valence-corrected chi connectivity index (χ2v) is 3.03. The lowest BCUT2D eigenvalue weighted by Crippen LogP contribution is -2.28. The average Bonchev–Trinajstić information content (AvgIpc) is 2.68. The van der Waals surface area contributed by atoms with Crippen molar-refractivity contribution in [2.45, 2.75) is 25.6 Å². The number of nitrogens with zero attached hydrogens (tertiary/aromatic N) is 2. The van der Waals surface area contributed by atoms with Gasteiger partial charge in [-0.2, -0.15) is 4.98 Å². The topological polar surface area (TPSA) is 51.0 Å². The van der Waals surface area contributed by atoms with Gasteiger partial charge >= 0.3 is 0 Å². The maximum atomic E-state index is 7.11. The Hall–Kier alpha value is -0.900. The second kappa shape index (κ2) is 3.23. The summed E-state index contributed by atoms with van der Waals surface area (Å²) in [4.78, 5) is 4.04. The predicted molar refractivity (Wildman–Crippen MR) is 43.9 cm³/mol. The average molecular weight is 169 g/mol. The number of nitrogens with one attached hydrogen (secondary N) is 1. The first-order valence-corrected chi connectivity index (χ1v) is 4.16. The Morgan fingerprint density at radius 1 is 1.75 bits per heavy atom. The molecule has 0 unspecified atom stereocenters. The zero-order chi connectivity index (χ0) is 9.97. The number of rotatable bonds is 1. The molecule has 1 aliphatic rings. The van der Waals surface area contributed by atoms with Gasteiger partial charge in [0.25, 0.3) is 0 Å². The molecule has 66 valence electrons. The normalized spacial score (nSPS) is 26.9. The highest BCUT2D eigenvalue weighted by Gasteiger charge is 2.20.